The van der Waals surface area contributed by atoms with Crippen molar-refractivity contribution in [2.75, 3.05) is 0 Å². The Kier molecular flexibility index (Phi) is 3.68. The lowest BCUT2D eigenvalue weighted by Crippen LogP contribution is -2.10. The van der Waals surface area contributed by atoms with Crippen LogP contribution in [0.25, 0.3) is 0 Å². The molecule has 15 heavy (non-hydrogen) atoms. The fourth-order valence-corrected chi connectivity index (χ4v) is 1.26. The molecule has 1 rings (SSSR count). The van der Waals surface area contributed by atoms with E-state index in [4.69, 9.17) is 0 Å². The molecule has 0 saturated carbocycles. The molecule has 78 valence electrons. The maximum absolute atomic E-state index is 10.1. The summed E-state index contributed by atoms with van der Waals surface area (Å²) in [6, 6.07) is 8.15. The summed E-state index contributed by atoms with van der Waals surface area (Å²) in [4.78, 5) is 10.1. The summed E-state index contributed by atoms with van der Waals surface area (Å²) in [7, 11) is 0. The molecule has 0 aromatic heterocycles. The molecule has 0 unspecified atom stereocenters. The minimum absolute atomic E-state index is 0.141. The van der Waals surface area contributed by atoms with Gasteiger partial charge in [0.25, 0.3) is 0 Å². The molecule has 0 spiro atoms. The van der Waals surface area contributed by atoms with Gasteiger partial charge < -0.3 is 4.79 Å². The zero-order valence-corrected chi connectivity index (χ0v) is 9.50. The second-order valence-electron chi connectivity index (χ2n) is 4.50. The Balaban J connectivity index is 2.94. The number of hydrogen-bond acceptors (Lipinski definition) is 1. The number of benzene rings is 1. The Morgan fingerprint density at radius 1 is 1.33 bits per heavy atom. The van der Waals surface area contributed by atoms with Crippen molar-refractivity contribution in [3.8, 4) is 11.8 Å². The highest BCUT2D eigenvalue weighted by atomic mass is 16.1. The second-order valence-corrected chi connectivity index (χ2v) is 4.50. The first-order chi connectivity index (χ1) is 7.04. The third-order valence-electron chi connectivity index (χ3n) is 2.15. The molecule has 0 fully saturated rings. The van der Waals surface area contributed by atoms with Crippen LogP contribution in [0, 0.1) is 11.8 Å². The van der Waals surface area contributed by atoms with Crippen LogP contribution < -0.4 is 0 Å². The number of carbonyl (C=O) groups excluding carboxylic acids is 1. The minimum Gasteiger partial charge on any atom is -0.302 e. The van der Waals surface area contributed by atoms with E-state index in [1.165, 1.54) is 5.56 Å². The highest BCUT2D eigenvalue weighted by Crippen LogP contribution is 2.22. The maximum atomic E-state index is 10.1. The van der Waals surface area contributed by atoms with Gasteiger partial charge in [-0.05, 0) is 23.1 Å². The SMILES string of the molecule is CC(C)(C)c1cccc(C#CCC=O)c1. The van der Waals surface area contributed by atoms with Gasteiger partial charge in [-0.3, -0.25) is 0 Å². The van der Waals surface area contributed by atoms with E-state index in [9.17, 15) is 4.79 Å². The maximum Gasteiger partial charge on any atom is 0.131 e. The van der Waals surface area contributed by atoms with Gasteiger partial charge in [0, 0.05) is 5.56 Å². The molecule has 1 nitrogen and oxygen atoms in total. The van der Waals surface area contributed by atoms with Crippen LogP contribution in [0.15, 0.2) is 24.3 Å². The third-order valence-corrected chi connectivity index (χ3v) is 2.15. The summed E-state index contributed by atoms with van der Waals surface area (Å²) >= 11 is 0. The van der Waals surface area contributed by atoms with Crippen molar-refractivity contribution in [1.82, 2.24) is 0 Å². The Morgan fingerprint density at radius 3 is 2.67 bits per heavy atom. The van der Waals surface area contributed by atoms with Crippen molar-refractivity contribution >= 4 is 6.29 Å². The van der Waals surface area contributed by atoms with Gasteiger partial charge in [-0.1, -0.05) is 44.7 Å². The van der Waals surface area contributed by atoms with Crippen molar-refractivity contribution in [2.24, 2.45) is 0 Å². The minimum atomic E-state index is 0.141. The lowest BCUT2D eigenvalue weighted by Gasteiger charge is -2.18. The van der Waals surface area contributed by atoms with E-state index in [0.717, 1.165) is 11.8 Å². The number of hydrogen-bond donors (Lipinski definition) is 0. The zero-order chi connectivity index (χ0) is 11.3. The van der Waals surface area contributed by atoms with E-state index in [1.54, 1.807) is 0 Å². The summed E-state index contributed by atoms with van der Waals surface area (Å²) in [6.45, 7) is 6.51. The van der Waals surface area contributed by atoms with Crippen LogP contribution in [-0.2, 0) is 10.2 Å². The van der Waals surface area contributed by atoms with E-state index in [1.807, 2.05) is 12.1 Å². The smallest absolute Gasteiger partial charge is 0.131 e. The first-order valence-electron chi connectivity index (χ1n) is 5.07. The van der Waals surface area contributed by atoms with Gasteiger partial charge in [0.1, 0.15) is 6.29 Å². The largest absolute Gasteiger partial charge is 0.302 e. The molecule has 0 aliphatic heterocycles. The van der Waals surface area contributed by atoms with Crippen molar-refractivity contribution in [2.45, 2.75) is 32.6 Å². The highest BCUT2D eigenvalue weighted by Gasteiger charge is 2.12. The van der Waals surface area contributed by atoms with Crippen LogP contribution in [0.4, 0.5) is 0 Å². The molecule has 0 aliphatic carbocycles. The van der Waals surface area contributed by atoms with Crippen molar-refractivity contribution in [1.29, 1.82) is 0 Å². The Hall–Kier alpha value is -1.55. The standard InChI is InChI=1S/C14H16O/c1-14(2,3)13-9-6-8-12(11-13)7-4-5-10-15/h6,8-11H,5H2,1-3H3. The molecule has 1 aromatic carbocycles. The molecule has 1 aromatic rings. The Bertz CT molecular complexity index is 399. The third kappa shape index (κ3) is 3.59. The number of rotatable bonds is 1. The van der Waals surface area contributed by atoms with Gasteiger partial charge in [-0.15, -0.1) is 0 Å². The fourth-order valence-electron chi connectivity index (χ4n) is 1.26. The van der Waals surface area contributed by atoms with Gasteiger partial charge in [-0.25, -0.2) is 0 Å². The molecule has 0 saturated heterocycles. The van der Waals surface area contributed by atoms with Crippen LogP contribution in [-0.4, -0.2) is 6.29 Å². The topological polar surface area (TPSA) is 17.1 Å². The Morgan fingerprint density at radius 2 is 2.07 bits per heavy atom. The van der Waals surface area contributed by atoms with Crippen LogP contribution >= 0.6 is 0 Å². The molecule has 0 amide bonds. The van der Waals surface area contributed by atoms with E-state index >= 15 is 0 Å². The van der Waals surface area contributed by atoms with Gasteiger partial charge in [-0.2, -0.15) is 0 Å². The zero-order valence-electron chi connectivity index (χ0n) is 9.50. The molecule has 1 heteroatoms. The Labute approximate surface area is 91.5 Å². The first-order valence-corrected chi connectivity index (χ1v) is 5.07. The lowest BCUT2D eigenvalue weighted by atomic mass is 9.86. The van der Waals surface area contributed by atoms with E-state index in [2.05, 4.69) is 44.7 Å². The van der Waals surface area contributed by atoms with E-state index < -0.39 is 0 Å². The van der Waals surface area contributed by atoms with E-state index in [-0.39, 0.29) is 5.41 Å². The van der Waals surface area contributed by atoms with Crippen molar-refractivity contribution in [3.05, 3.63) is 35.4 Å². The summed E-state index contributed by atoms with van der Waals surface area (Å²) < 4.78 is 0. The van der Waals surface area contributed by atoms with E-state index in [0.29, 0.717) is 6.42 Å². The fraction of sp³-hybridized carbons (Fsp3) is 0.357. The normalized spacial score (nSPS) is 10.3. The number of carbonyl (C=O) groups is 1. The van der Waals surface area contributed by atoms with Gasteiger partial charge in [0.05, 0.1) is 6.42 Å². The van der Waals surface area contributed by atoms with Gasteiger partial charge in [0.2, 0.25) is 0 Å². The molecule has 0 bridgehead atoms. The molecule has 0 aliphatic rings. The average Bonchev–Trinajstić information content (AvgIpc) is 2.17. The van der Waals surface area contributed by atoms with Crippen molar-refractivity contribution in [3.63, 3.8) is 0 Å². The predicted molar refractivity (Wildman–Crippen MR) is 62.7 cm³/mol. The number of aldehydes is 1. The van der Waals surface area contributed by atoms with Crippen LogP contribution in [0.1, 0.15) is 38.3 Å². The second kappa shape index (κ2) is 4.79. The summed E-state index contributed by atoms with van der Waals surface area (Å²) in [5.74, 6) is 5.79. The predicted octanol–water partition coefficient (Wildman–Crippen LogP) is 2.92. The summed E-state index contributed by atoms with van der Waals surface area (Å²) in [5.41, 5.74) is 2.38. The van der Waals surface area contributed by atoms with Gasteiger partial charge >= 0.3 is 0 Å². The molecule has 0 N–H and O–H groups in total. The summed E-state index contributed by atoms with van der Waals surface area (Å²) in [6.07, 6.45) is 1.13. The average molecular weight is 200 g/mol. The quantitative estimate of drug-likeness (QED) is 0.503. The molecule has 0 atom stereocenters. The molecule has 0 heterocycles. The van der Waals surface area contributed by atoms with Crippen molar-refractivity contribution < 1.29 is 4.79 Å². The molecule has 0 radical (unpaired) electrons. The molecular weight excluding hydrogens is 184 g/mol. The monoisotopic (exact) mass is 200 g/mol. The lowest BCUT2D eigenvalue weighted by molar-refractivity contribution is -0.107. The van der Waals surface area contributed by atoms with Crippen LogP contribution in [0.3, 0.4) is 0 Å². The van der Waals surface area contributed by atoms with Crippen LogP contribution in [0.5, 0.6) is 0 Å². The van der Waals surface area contributed by atoms with Crippen LogP contribution in [0.2, 0.25) is 0 Å². The van der Waals surface area contributed by atoms with Gasteiger partial charge in [0.15, 0.2) is 0 Å². The summed E-state index contributed by atoms with van der Waals surface area (Å²) in [5, 5.41) is 0. The highest BCUT2D eigenvalue weighted by molar-refractivity contribution is 5.55. The molecular formula is C14H16O. The first kappa shape index (κ1) is 11.5.